The van der Waals surface area contributed by atoms with Gasteiger partial charge in [-0.15, -0.1) is 0 Å². The highest BCUT2D eigenvalue weighted by molar-refractivity contribution is 7.80. The highest BCUT2D eigenvalue weighted by Gasteiger charge is 1.97. The second-order valence-corrected chi connectivity index (χ2v) is 3.89. The lowest BCUT2D eigenvalue weighted by molar-refractivity contribution is 0.288. The Bertz CT molecular complexity index is 307. The summed E-state index contributed by atoms with van der Waals surface area (Å²) in [7, 11) is 0. The zero-order chi connectivity index (χ0) is 10.9. The SMILES string of the molecule is OCCCc1ccccc1C=CCCS. The first kappa shape index (κ1) is 12.3. The van der Waals surface area contributed by atoms with Crippen LogP contribution in [-0.2, 0) is 6.42 Å². The number of benzene rings is 1. The molecular weight excluding hydrogens is 204 g/mol. The minimum absolute atomic E-state index is 0.259. The summed E-state index contributed by atoms with van der Waals surface area (Å²) >= 11 is 4.17. The molecule has 0 aliphatic carbocycles. The van der Waals surface area contributed by atoms with E-state index in [1.807, 2.05) is 12.1 Å². The molecule has 0 fully saturated rings. The molecule has 0 saturated carbocycles. The van der Waals surface area contributed by atoms with E-state index in [9.17, 15) is 0 Å². The van der Waals surface area contributed by atoms with Gasteiger partial charge in [-0.2, -0.15) is 12.6 Å². The minimum atomic E-state index is 0.259. The average molecular weight is 222 g/mol. The van der Waals surface area contributed by atoms with Crippen LogP contribution in [0.25, 0.3) is 6.08 Å². The van der Waals surface area contributed by atoms with Gasteiger partial charge in [-0.3, -0.25) is 0 Å². The van der Waals surface area contributed by atoms with E-state index in [1.165, 1.54) is 11.1 Å². The fourth-order valence-corrected chi connectivity index (χ4v) is 1.63. The van der Waals surface area contributed by atoms with Crippen LogP contribution in [0, 0.1) is 0 Å². The number of thiol groups is 1. The first-order chi connectivity index (χ1) is 7.38. The molecule has 1 nitrogen and oxygen atoms in total. The van der Waals surface area contributed by atoms with Gasteiger partial charge in [0.2, 0.25) is 0 Å². The molecule has 0 aliphatic rings. The Balaban J connectivity index is 2.67. The van der Waals surface area contributed by atoms with E-state index < -0.39 is 0 Å². The zero-order valence-corrected chi connectivity index (χ0v) is 9.79. The molecular formula is C13H18OS. The number of allylic oxidation sites excluding steroid dienone is 1. The quantitative estimate of drug-likeness (QED) is 0.709. The molecule has 0 heterocycles. The number of hydrogen-bond donors (Lipinski definition) is 2. The second-order valence-electron chi connectivity index (χ2n) is 3.44. The molecule has 0 spiro atoms. The average Bonchev–Trinajstić information content (AvgIpc) is 2.28. The third kappa shape index (κ3) is 4.54. The van der Waals surface area contributed by atoms with Gasteiger partial charge in [0.15, 0.2) is 0 Å². The molecule has 0 amide bonds. The summed E-state index contributed by atoms with van der Waals surface area (Å²) in [4.78, 5) is 0. The van der Waals surface area contributed by atoms with E-state index in [2.05, 4.69) is 36.9 Å². The van der Waals surface area contributed by atoms with Gasteiger partial charge in [-0.1, -0.05) is 36.4 Å². The molecule has 1 N–H and O–H groups in total. The Labute approximate surface area is 97.2 Å². The van der Waals surface area contributed by atoms with Gasteiger partial charge in [0.05, 0.1) is 0 Å². The zero-order valence-electron chi connectivity index (χ0n) is 8.89. The van der Waals surface area contributed by atoms with Crippen molar-refractivity contribution in [3.8, 4) is 0 Å². The van der Waals surface area contributed by atoms with Gasteiger partial charge in [0.25, 0.3) is 0 Å². The van der Waals surface area contributed by atoms with Gasteiger partial charge < -0.3 is 5.11 Å². The topological polar surface area (TPSA) is 20.2 Å². The van der Waals surface area contributed by atoms with Crippen LogP contribution >= 0.6 is 12.6 Å². The summed E-state index contributed by atoms with van der Waals surface area (Å²) in [6.45, 7) is 0.259. The molecule has 0 radical (unpaired) electrons. The van der Waals surface area contributed by atoms with Crippen LogP contribution in [0.1, 0.15) is 24.0 Å². The Morgan fingerprint density at radius 3 is 2.80 bits per heavy atom. The maximum absolute atomic E-state index is 8.80. The molecule has 0 atom stereocenters. The van der Waals surface area contributed by atoms with Crippen molar-refractivity contribution in [3.63, 3.8) is 0 Å². The fraction of sp³-hybridized carbons (Fsp3) is 0.385. The first-order valence-electron chi connectivity index (χ1n) is 5.34. The number of aliphatic hydroxyl groups excluding tert-OH is 1. The monoisotopic (exact) mass is 222 g/mol. The molecule has 0 saturated heterocycles. The van der Waals surface area contributed by atoms with Crippen molar-refractivity contribution >= 4 is 18.7 Å². The lowest BCUT2D eigenvalue weighted by Gasteiger charge is -2.04. The first-order valence-corrected chi connectivity index (χ1v) is 5.98. The summed E-state index contributed by atoms with van der Waals surface area (Å²) in [5.41, 5.74) is 2.56. The number of hydrogen-bond acceptors (Lipinski definition) is 2. The molecule has 82 valence electrons. The van der Waals surface area contributed by atoms with E-state index >= 15 is 0 Å². The summed E-state index contributed by atoms with van der Waals surface area (Å²) in [6, 6.07) is 8.32. The molecule has 0 aromatic heterocycles. The number of aliphatic hydroxyl groups is 1. The summed E-state index contributed by atoms with van der Waals surface area (Å²) < 4.78 is 0. The van der Waals surface area contributed by atoms with Gasteiger partial charge in [0, 0.05) is 6.61 Å². The highest BCUT2D eigenvalue weighted by Crippen LogP contribution is 2.13. The van der Waals surface area contributed by atoms with E-state index in [4.69, 9.17) is 5.11 Å². The van der Waals surface area contributed by atoms with Crippen molar-refractivity contribution in [1.29, 1.82) is 0 Å². The molecule has 2 heteroatoms. The van der Waals surface area contributed by atoms with E-state index in [0.29, 0.717) is 0 Å². The smallest absolute Gasteiger partial charge is 0.0434 e. The molecule has 0 aliphatic heterocycles. The summed E-state index contributed by atoms with van der Waals surface area (Å²) in [6.07, 6.45) is 7.06. The van der Waals surface area contributed by atoms with E-state index in [1.54, 1.807) is 0 Å². The van der Waals surface area contributed by atoms with Gasteiger partial charge >= 0.3 is 0 Å². The minimum Gasteiger partial charge on any atom is -0.396 e. The van der Waals surface area contributed by atoms with Crippen LogP contribution in [0.3, 0.4) is 0 Å². The number of rotatable bonds is 6. The van der Waals surface area contributed by atoms with Crippen molar-refractivity contribution in [1.82, 2.24) is 0 Å². The molecule has 1 rings (SSSR count). The van der Waals surface area contributed by atoms with Crippen molar-refractivity contribution in [2.75, 3.05) is 12.4 Å². The normalized spacial score (nSPS) is 11.1. The van der Waals surface area contributed by atoms with Crippen LogP contribution in [0.2, 0.25) is 0 Å². The largest absolute Gasteiger partial charge is 0.396 e. The molecule has 0 unspecified atom stereocenters. The molecule has 1 aromatic rings. The molecule has 0 bridgehead atoms. The third-order valence-corrected chi connectivity index (χ3v) is 2.51. The van der Waals surface area contributed by atoms with Crippen LogP contribution in [-0.4, -0.2) is 17.5 Å². The Hall–Kier alpha value is -0.730. The van der Waals surface area contributed by atoms with Gasteiger partial charge in [-0.25, -0.2) is 0 Å². The molecule has 1 aromatic carbocycles. The van der Waals surface area contributed by atoms with Crippen LogP contribution < -0.4 is 0 Å². The second kappa shape index (κ2) is 7.55. The van der Waals surface area contributed by atoms with Crippen molar-refractivity contribution in [2.45, 2.75) is 19.3 Å². The third-order valence-electron chi connectivity index (χ3n) is 2.25. The highest BCUT2D eigenvalue weighted by atomic mass is 32.1. The van der Waals surface area contributed by atoms with Crippen molar-refractivity contribution in [2.24, 2.45) is 0 Å². The van der Waals surface area contributed by atoms with Crippen molar-refractivity contribution < 1.29 is 5.11 Å². The predicted molar refractivity (Wildman–Crippen MR) is 69.4 cm³/mol. The van der Waals surface area contributed by atoms with Crippen LogP contribution in [0.5, 0.6) is 0 Å². The summed E-state index contributed by atoms with van der Waals surface area (Å²) in [5, 5.41) is 8.80. The van der Waals surface area contributed by atoms with Crippen LogP contribution in [0.15, 0.2) is 30.3 Å². The Morgan fingerprint density at radius 2 is 2.07 bits per heavy atom. The number of aryl methyl sites for hydroxylation is 1. The van der Waals surface area contributed by atoms with E-state index in [-0.39, 0.29) is 6.61 Å². The van der Waals surface area contributed by atoms with Gasteiger partial charge in [0.1, 0.15) is 0 Å². The lowest BCUT2D eigenvalue weighted by atomic mass is 10.0. The summed E-state index contributed by atoms with van der Waals surface area (Å²) in [5.74, 6) is 0.884. The van der Waals surface area contributed by atoms with Crippen LogP contribution in [0.4, 0.5) is 0 Å². The fourth-order valence-electron chi connectivity index (χ4n) is 1.48. The molecule has 15 heavy (non-hydrogen) atoms. The predicted octanol–water partition coefficient (Wildman–Crippen LogP) is 2.94. The van der Waals surface area contributed by atoms with Crippen molar-refractivity contribution in [3.05, 3.63) is 41.5 Å². The Kier molecular flexibility index (Phi) is 6.21. The standard InChI is InChI=1S/C13H18OS/c14-10-5-9-13-7-2-1-6-12(13)8-3-4-11-15/h1-3,6-8,14-15H,4-5,9-11H2. The lowest BCUT2D eigenvalue weighted by Crippen LogP contribution is -1.92. The van der Waals surface area contributed by atoms with E-state index in [0.717, 1.165) is 25.0 Å². The Morgan fingerprint density at radius 1 is 1.27 bits per heavy atom. The van der Waals surface area contributed by atoms with Gasteiger partial charge in [-0.05, 0) is 36.1 Å². The maximum Gasteiger partial charge on any atom is 0.0434 e. The maximum atomic E-state index is 8.80.